The van der Waals surface area contributed by atoms with E-state index in [-0.39, 0.29) is 12.0 Å². The van der Waals surface area contributed by atoms with Crippen LogP contribution in [0.15, 0.2) is 24.3 Å². The number of rotatable bonds is 8. The van der Waals surface area contributed by atoms with Crippen LogP contribution in [-0.4, -0.2) is 74.4 Å². The maximum Gasteiger partial charge on any atom is 0.333 e. The fraction of sp³-hybridized carbons (Fsp3) is 0.688. The van der Waals surface area contributed by atoms with Crippen LogP contribution in [0.4, 0.5) is 0 Å². The third-order valence-electron chi connectivity index (χ3n) is 4.10. The lowest BCUT2D eigenvalue weighted by atomic mass is 9.97. The summed E-state index contributed by atoms with van der Waals surface area (Å²) < 4.78 is 11.1. The lowest BCUT2D eigenvalue weighted by Gasteiger charge is -2.42. The largest absolute Gasteiger partial charge is 0.478 e. The fourth-order valence-corrected chi connectivity index (χ4v) is 2.34. The molecule has 0 radical (unpaired) electrons. The minimum atomic E-state index is -1.43. The summed E-state index contributed by atoms with van der Waals surface area (Å²) in [6.45, 7) is 6.31. The Morgan fingerprint density at radius 3 is 2.42 bits per heavy atom. The van der Waals surface area contributed by atoms with Crippen molar-refractivity contribution in [1.29, 1.82) is 0 Å². The Kier molecular flexibility index (Phi) is 7.53. The summed E-state index contributed by atoms with van der Waals surface area (Å²) in [5.41, 5.74) is -1.09. The molecule has 0 aromatic carbocycles. The normalized spacial score (nSPS) is 33.8. The molecule has 6 atom stereocenters. The Morgan fingerprint density at radius 2 is 1.92 bits per heavy atom. The Labute approximate surface area is 140 Å². The summed E-state index contributed by atoms with van der Waals surface area (Å²) in [5.74, 6) is -1.20. The van der Waals surface area contributed by atoms with Crippen molar-refractivity contribution >= 4 is 5.97 Å². The summed E-state index contributed by atoms with van der Waals surface area (Å²) in [6.07, 6.45) is -2.48. The topological polar surface area (TPSA) is 137 Å². The van der Waals surface area contributed by atoms with E-state index in [1.54, 1.807) is 13.8 Å². The number of hydrogen-bond donors (Lipinski definition) is 5. The third kappa shape index (κ3) is 5.10. The standard InChI is InChI=1S/C16H26O8/c1-4-16(3,7-5-6-10(8-17)14(21)22)24-15-13(20)12(19)11(18)9(2)23-15/h4,6,9,11-13,15,17-20H,1,5,7-8H2,2-3H3,(H,21,22)/b10-6+/t9-,11-,12+,13-,15+,16-/m1/s1. The zero-order chi connectivity index (χ0) is 18.5. The molecule has 1 fully saturated rings. The second kappa shape index (κ2) is 8.70. The van der Waals surface area contributed by atoms with Crippen LogP contribution in [0.25, 0.3) is 0 Å². The molecule has 1 heterocycles. The van der Waals surface area contributed by atoms with Crippen molar-refractivity contribution in [3.8, 4) is 0 Å². The van der Waals surface area contributed by atoms with Gasteiger partial charge in [-0.1, -0.05) is 12.2 Å². The van der Waals surface area contributed by atoms with Gasteiger partial charge in [0.2, 0.25) is 0 Å². The van der Waals surface area contributed by atoms with Crippen molar-refractivity contribution in [2.45, 2.75) is 63.0 Å². The molecule has 0 bridgehead atoms. The number of aliphatic carboxylic acids is 1. The summed E-state index contributed by atoms with van der Waals surface area (Å²) in [7, 11) is 0. The van der Waals surface area contributed by atoms with E-state index in [4.69, 9.17) is 19.7 Å². The molecule has 0 aromatic heterocycles. The lowest BCUT2D eigenvalue weighted by Crippen LogP contribution is -2.58. The van der Waals surface area contributed by atoms with Gasteiger partial charge in [0.25, 0.3) is 0 Å². The number of allylic oxidation sites excluding steroid dienone is 1. The van der Waals surface area contributed by atoms with Crippen molar-refractivity contribution in [2.75, 3.05) is 6.61 Å². The minimum Gasteiger partial charge on any atom is -0.478 e. The van der Waals surface area contributed by atoms with Crippen LogP contribution < -0.4 is 0 Å². The molecular formula is C16H26O8. The van der Waals surface area contributed by atoms with E-state index in [2.05, 4.69) is 6.58 Å². The van der Waals surface area contributed by atoms with Gasteiger partial charge in [-0.25, -0.2) is 4.79 Å². The van der Waals surface area contributed by atoms with Gasteiger partial charge in [-0.3, -0.25) is 0 Å². The van der Waals surface area contributed by atoms with Crippen LogP contribution in [0.5, 0.6) is 0 Å². The predicted molar refractivity (Wildman–Crippen MR) is 84.1 cm³/mol. The highest BCUT2D eigenvalue weighted by molar-refractivity contribution is 5.86. The third-order valence-corrected chi connectivity index (χ3v) is 4.10. The van der Waals surface area contributed by atoms with E-state index < -0.39 is 48.9 Å². The van der Waals surface area contributed by atoms with E-state index in [0.717, 1.165) is 0 Å². The van der Waals surface area contributed by atoms with Crippen LogP contribution in [0.1, 0.15) is 26.7 Å². The highest BCUT2D eigenvalue weighted by atomic mass is 16.7. The molecule has 8 heteroatoms. The summed E-state index contributed by atoms with van der Waals surface area (Å²) >= 11 is 0. The molecule has 1 saturated heterocycles. The maximum absolute atomic E-state index is 10.8. The summed E-state index contributed by atoms with van der Waals surface area (Å²) in [4.78, 5) is 10.8. The van der Waals surface area contributed by atoms with Crippen LogP contribution >= 0.6 is 0 Å². The maximum atomic E-state index is 10.8. The van der Waals surface area contributed by atoms with Gasteiger partial charge in [-0.15, -0.1) is 6.58 Å². The van der Waals surface area contributed by atoms with E-state index in [1.165, 1.54) is 12.2 Å². The molecule has 1 aliphatic rings. The quantitative estimate of drug-likeness (QED) is 0.295. The predicted octanol–water partition coefficient (Wildman–Crippen LogP) is -0.441. The zero-order valence-corrected chi connectivity index (χ0v) is 13.8. The average molecular weight is 346 g/mol. The number of aliphatic hydroxyl groups excluding tert-OH is 4. The molecule has 1 rings (SSSR count). The van der Waals surface area contributed by atoms with Crippen molar-refractivity contribution in [1.82, 2.24) is 0 Å². The first-order valence-electron chi connectivity index (χ1n) is 7.69. The van der Waals surface area contributed by atoms with Gasteiger partial charge in [0.1, 0.15) is 18.3 Å². The van der Waals surface area contributed by atoms with Gasteiger partial charge >= 0.3 is 5.97 Å². The number of aliphatic hydroxyl groups is 4. The smallest absolute Gasteiger partial charge is 0.333 e. The van der Waals surface area contributed by atoms with Gasteiger partial charge in [-0.05, 0) is 26.7 Å². The summed E-state index contributed by atoms with van der Waals surface area (Å²) in [5, 5.41) is 47.3. The molecule has 0 spiro atoms. The first-order chi connectivity index (χ1) is 11.1. The van der Waals surface area contributed by atoms with Crippen molar-refractivity contribution in [3.05, 3.63) is 24.3 Å². The van der Waals surface area contributed by atoms with E-state index >= 15 is 0 Å². The second-order valence-corrected chi connectivity index (χ2v) is 6.05. The van der Waals surface area contributed by atoms with E-state index in [0.29, 0.717) is 6.42 Å². The van der Waals surface area contributed by atoms with E-state index in [1.807, 2.05) is 0 Å². The summed E-state index contributed by atoms with van der Waals surface area (Å²) in [6, 6.07) is 0. The van der Waals surface area contributed by atoms with Gasteiger partial charge < -0.3 is 35.0 Å². The molecule has 0 aliphatic carbocycles. The average Bonchev–Trinajstić information content (AvgIpc) is 2.54. The molecule has 138 valence electrons. The highest BCUT2D eigenvalue weighted by Gasteiger charge is 2.44. The van der Waals surface area contributed by atoms with Crippen molar-refractivity contribution in [3.63, 3.8) is 0 Å². The highest BCUT2D eigenvalue weighted by Crippen LogP contribution is 2.28. The monoisotopic (exact) mass is 346 g/mol. The molecule has 5 N–H and O–H groups in total. The number of hydrogen-bond acceptors (Lipinski definition) is 7. The Hall–Kier alpha value is -1.29. The fourth-order valence-electron chi connectivity index (χ4n) is 2.34. The van der Waals surface area contributed by atoms with Crippen LogP contribution in [0.2, 0.25) is 0 Å². The van der Waals surface area contributed by atoms with Crippen molar-refractivity contribution < 1.29 is 39.8 Å². The molecule has 24 heavy (non-hydrogen) atoms. The molecule has 0 saturated carbocycles. The Morgan fingerprint density at radius 1 is 1.29 bits per heavy atom. The molecule has 8 nitrogen and oxygen atoms in total. The van der Waals surface area contributed by atoms with Crippen molar-refractivity contribution in [2.24, 2.45) is 0 Å². The van der Waals surface area contributed by atoms with Crippen LogP contribution in [0, 0.1) is 0 Å². The molecule has 0 aromatic rings. The first kappa shape index (κ1) is 20.8. The van der Waals surface area contributed by atoms with Crippen LogP contribution in [-0.2, 0) is 14.3 Å². The Balaban J connectivity index is 2.74. The Bertz CT molecular complexity index is 477. The SMILES string of the molecule is C=C[C@](C)(CC/C=C(\CO)C(=O)O)O[C@@H]1O[C@H](C)[C@@H](O)[C@H](O)[C@H]1O. The minimum absolute atomic E-state index is 0.123. The van der Waals surface area contributed by atoms with Gasteiger partial charge in [0.05, 0.1) is 23.9 Å². The van der Waals surface area contributed by atoms with Gasteiger partial charge in [-0.2, -0.15) is 0 Å². The second-order valence-electron chi connectivity index (χ2n) is 6.05. The van der Waals surface area contributed by atoms with Crippen LogP contribution in [0.3, 0.4) is 0 Å². The molecule has 0 unspecified atom stereocenters. The number of ether oxygens (including phenoxy) is 2. The zero-order valence-electron chi connectivity index (χ0n) is 13.8. The molecule has 0 amide bonds. The number of carboxylic acid groups (broad SMARTS) is 1. The number of carboxylic acids is 1. The lowest BCUT2D eigenvalue weighted by molar-refractivity contribution is -0.313. The molecular weight excluding hydrogens is 320 g/mol. The molecule has 1 aliphatic heterocycles. The number of carbonyl (C=O) groups is 1. The van der Waals surface area contributed by atoms with E-state index in [9.17, 15) is 20.1 Å². The van der Waals surface area contributed by atoms with Gasteiger partial charge in [0.15, 0.2) is 6.29 Å². The first-order valence-corrected chi connectivity index (χ1v) is 7.69. The van der Waals surface area contributed by atoms with Gasteiger partial charge in [0, 0.05) is 0 Å².